The topological polar surface area (TPSA) is 164 Å². The van der Waals surface area contributed by atoms with Gasteiger partial charge in [-0.05, 0) is 120 Å². The maximum atomic E-state index is 12.0. The summed E-state index contributed by atoms with van der Waals surface area (Å²) in [5.41, 5.74) is 6.85. The molecule has 3 N–H and O–H groups in total. The molecule has 4 rings (SSSR count). The highest BCUT2D eigenvalue weighted by Gasteiger charge is 2.28. The van der Waals surface area contributed by atoms with Gasteiger partial charge in [0.1, 0.15) is 12.4 Å². The number of carboxylic acids is 2. The Morgan fingerprint density at radius 1 is 0.487 bits per heavy atom. The Kier molecular flexibility index (Phi) is 34.7. The van der Waals surface area contributed by atoms with Crippen molar-refractivity contribution in [2.75, 3.05) is 20.3 Å². The molecule has 2 unspecified atom stereocenters. The highest BCUT2D eigenvalue weighted by atomic mass is 16.5. The van der Waals surface area contributed by atoms with Crippen LogP contribution in [-0.2, 0) is 57.1 Å². The predicted molar refractivity (Wildman–Crippen MR) is 314 cm³/mol. The molecule has 0 saturated heterocycles. The fourth-order valence-corrected chi connectivity index (χ4v) is 6.47. The Morgan fingerprint density at radius 3 is 1.11 bits per heavy atom. The van der Waals surface area contributed by atoms with Crippen molar-refractivity contribution >= 4 is 29.7 Å². The molecular weight excluding hydrogens is 953 g/mol. The number of Topliss-reactive ketones (excluding diaryl/α,β-unsaturated/α-hetero) is 1. The highest BCUT2D eigenvalue weighted by molar-refractivity contribution is 5.80. The number of hydrogen-bond donors (Lipinski definition) is 3. The molecule has 4 aromatic carbocycles. The first kappa shape index (κ1) is 72.5. The zero-order chi connectivity index (χ0) is 58.9. The van der Waals surface area contributed by atoms with Crippen molar-refractivity contribution in [3.63, 3.8) is 0 Å². The Balaban J connectivity index is 0. The van der Waals surface area contributed by atoms with Crippen molar-refractivity contribution in [2.24, 2.45) is 28.1 Å². The summed E-state index contributed by atoms with van der Waals surface area (Å²) in [6.45, 7) is 35.6. The van der Waals surface area contributed by atoms with Crippen LogP contribution >= 0.6 is 0 Å². The maximum absolute atomic E-state index is 12.0. The van der Waals surface area contributed by atoms with Crippen LogP contribution in [0.1, 0.15) is 203 Å². The van der Waals surface area contributed by atoms with Gasteiger partial charge in [0.05, 0.1) is 35.9 Å². The van der Waals surface area contributed by atoms with E-state index in [2.05, 4.69) is 155 Å². The number of ether oxygens (including phenoxy) is 2. The number of hydrogen-bond acceptors (Lipinski definition) is 8. The molecule has 0 aromatic heterocycles. The second-order valence-corrected chi connectivity index (χ2v) is 22.4. The van der Waals surface area contributed by atoms with E-state index in [4.69, 9.17) is 20.1 Å². The molecule has 0 bridgehead atoms. The molecule has 0 heterocycles. The molecule has 76 heavy (non-hydrogen) atoms. The lowest BCUT2D eigenvalue weighted by atomic mass is 9.78. The summed E-state index contributed by atoms with van der Waals surface area (Å²) in [7, 11) is 1.42. The first-order chi connectivity index (χ1) is 35.4. The predicted octanol–water partition coefficient (Wildman–Crippen LogP) is 15.7. The highest BCUT2D eigenvalue weighted by Crippen LogP contribution is 2.33. The molecule has 0 aliphatic carbocycles. The number of carbonyl (C=O) groups excluding carboxylic acids is 3. The molecule has 0 spiro atoms. The second-order valence-electron chi connectivity index (χ2n) is 22.4. The Labute approximate surface area is 460 Å². The summed E-state index contributed by atoms with van der Waals surface area (Å²) in [4.78, 5) is 54.1. The molecule has 0 aliphatic rings. The van der Waals surface area contributed by atoms with Crippen LogP contribution in [0.15, 0.2) is 109 Å². The molecule has 10 nitrogen and oxygen atoms in total. The van der Waals surface area contributed by atoms with Crippen molar-refractivity contribution in [1.82, 2.24) is 0 Å². The molecule has 10 heteroatoms. The number of aliphatic hydroxyl groups is 1. The summed E-state index contributed by atoms with van der Waals surface area (Å²) in [5, 5.41) is 25.0. The van der Waals surface area contributed by atoms with E-state index in [-0.39, 0.29) is 53.2 Å². The van der Waals surface area contributed by atoms with Gasteiger partial charge in [0.2, 0.25) is 0 Å². The third kappa shape index (κ3) is 26.9. The van der Waals surface area contributed by atoms with E-state index in [1.807, 2.05) is 62.3 Å². The fourth-order valence-electron chi connectivity index (χ4n) is 6.47. The Hall–Kier alpha value is -5.61. The van der Waals surface area contributed by atoms with Gasteiger partial charge in [-0.3, -0.25) is 24.0 Å². The number of carbonyl (C=O) groups is 5. The summed E-state index contributed by atoms with van der Waals surface area (Å²) in [6, 6.07) is 39.1. The number of methoxy groups -OCH3 is 1. The SMILES string of the molecule is CCC(C)(C)C(=O)O.CCC(C)(C)C(=O)OC.CCC(C)(C)C(=O)OCCO.CCC(C)C(=O)CCc1ccc(C(C)(C)c2ccccc2)cc1.CCC(C)C(=O)O.CCCc1ccc(C(C)(C)c2ccccc2)cc1. The average molecular weight is 1060 g/mol. The van der Waals surface area contributed by atoms with Gasteiger partial charge >= 0.3 is 23.9 Å². The van der Waals surface area contributed by atoms with E-state index in [0.29, 0.717) is 18.6 Å². The number of aliphatic carboxylic acids is 2. The fraction of sp³-hybridized carbons (Fsp3) is 0.561. The van der Waals surface area contributed by atoms with E-state index in [0.717, 1.165) is 32.1 Å². The second kappa shape index (κ2) is 36.4. The van der Waals surface area contributed by atoms with Gasteiger partial charge in [-0.1, -0.05) is 199 Å². The van der Waals surface area contributed by atoms with Crippen molar-refractivity contribution in [3.05, 3.63) is 143 Å². The zero-order valence-electron chi connectivity index (χ0n) is 50.5. The smallest absolute Gasteiger partial charge is 0.311 e. The summed E-state index contributed by atoms with van der Waals surface area (Å²) < 4.78 is 9.32. The summed E-state index contributed by atoms with van der Waals surface area (Å²) >= 11 is 0. The molecule has 0 saturated carbocycles. The molecule has 0 amide bonds. The number of esters is 2. The Morgan fingerprint density at radius 2 is 0.842 bits per heavy atom. The third-order valence-corrected chi connectivity index (χ3v) is 14.6. The van der Waals surface area contributed by atoms with Gasteiger partial charge < -0.3 is 24.8 Å². The van der Waals surface area contributed by atoms with E-state index in [1.165, 1.54) is 53.3 Å². The van der Waals surface area contributed by atoms with Crippen molar-refractivity contribution in [3.8, 4) is 0 Å². The molecule has 4 aromatic rings. The van der Waals surface area contributed by atoms with Crippen LogP contribution in [-0.4, -0.2) is 65.3 Å². The lowest BCUT2D eigenvalue weighted by Gasteiger charge is -2.26. The van der Waals surface area contributed by atoms with Crippen LogP contribution in [0.2, 0.25) is 0 Å². The number of aliphatic hydroxyl groups excluding tert-OH is 1. The maximum Gasteiger partial charge on any atom is 0.311 e. The standard InChI is InChI=1S/C22H28O.C18H22.C8H16O3.C7H14O2.C6H12O2.C5H10O2/c1-5-17(2)21(23)16-13-18-11-14-20(15-12-18)22(3,4)19-9-7-6-8-10-19;1-4-8-15-11-13-17(14-12-15)18(2,3)16-9-6-5-7-10-16;1-4-8(2,3)7(10)11-6-5-9;1-5-7(2,3)6(8)9-4;1-4-6(2,3)5(7)8;1-3-4(2)5(6)7/h6-12,14-15,17H,5,13,16H2,1-4H3;5-7,9-14H,4,8H2,1-3H3;9H,4-6H2,1-3H3;5H2,1-4H3;4H2,1-3H3,(H,7,8);4H,3H2,1-2H3,(H,6,7). The first-order valence-corrected chi connectivity index (χ1v) is 27.5. The normalized spacial score (nSPS) is 12.0. The van der Waals surface area contributed by atoms with Crippen LogP contribution in [0.25, 0.3) is 0 Å². The van der Waals surface area contributed by atoms with Crippen molar-refractivity contribution in [1.29, 1.82) is 0 Å². The molecule has 426 valence electrons. The van der Waals surface area contributed by atoms with Crippen LogP contribution in [0.3, 0.4) is 0 Å². The lowest BCUT2D eigenvalue weighted by Crippen LogP contribution is -2.26. The molecule has 0 radical (unpaired) electrons. The monoisotopic (exact) mass is 1050 g/mol. The number of benzene rings is 4. The van der Waals surface area contributed by atoms with Gasteiger partial charge in [0.25, 0.3) is 0 Å². The molecule has 0 aliphatic heterocycles. The quantitative estimate of drug-likeness (QED) is 0.0684. The Bertz CT molecular complexity index is 2220. The van der Waals surface area contributed by atoms with Gasteiger partial charge in [0.15, 0.2) is 0 Å². The minimum Gasteiger partial charge on any atom is -0.481 e. The van der Waals surface area contributed by atoms with Crippen LogP contribution in [0.4, 0.5) is 0 Å². The minimum absolute atomic E-state index is 0.00761. The van der Waals surface area contributed by atoms with E-state index < -0.39 is 22.8 Å². The number of ketones is 1. The number of carboxylic acid groups (broad SMARTS) is 2. The van der Waals surface area contributed by atoms with E-state index in [1.54, 1.807) is 20.8 Å². The zero-order valence-corrected chi connectivity index (χ0v) is 50.5. The number of aryl methyl sites for hydroxylation is 2. The average Bonchev–Trinajstić information content (AvgIpc) is 3.42. The van der Waals surface area contributed by atoms with Gasteiger partial charge in [-0.15, -0.1) is 0 Å². The molecule has 0 fully saturated rings. The third-order valence-electron chi connectivity index (χ3n) is 14.6. The largest absolute Gasteiger partial charge is 0.481 e. The van der Waals surface area contributed by atoms with Crippen molar-refractivity contribution in [2.45, 2.75) is 193 Å². The van der Waals surface area contributed by atoms with Crippen LogP contribution in [0, 0.1) is 28.1 Å². The number of rotatable bonds is 21. The molecular formula is C66H102O10. The summed E-state index contributed by atoms with van der Waals surface area (Å²) in [6.07, 6.45) is 7.77. The minimum atomic E-state index is -0.722. The van der Waals surface area contributed by atoms with Crippen LogP contribution in [0.5, 0.6) is 0 Å². The van der Waals surface area contributed by atoms with Gasteiger partial charge in [0, 0.05) is 23.2 Å². The van der Waals surface area contributed by atoms with Gasteiger partial charge in [-0.25, -0.2) is 0 Å². The van der Waals surface area contributed by atoms with E-state index in [9.17, 15) is 24.0 Å². The van der Waals surface area contributed by atoms with E-state index >= 15 is 0 Å². The first-order valence-electron chi connectivity index (χ1n) is 27.5. The summed E-state index contributed by atoms with van der Waals surface area (Å²) in [5.74, 6) is -1.42. The molecule has 2 atom stereocenters. The van der Waals surface area contributed by atoms with Crippen molar-refractivity contribution < 1.29 is 48.8 Å². The van der Waals surface area contributed by atoms with Crippen LogP contribution < -0.4 is 0 Å². The van der Waals surface area contributed by atoms with Gasteiger partial charge in [-0.2, -0.15) is 0 Å². The lowest BCUT2D eigenvalue weighted by molar-refractivity contribution is -0.155.